The predicted molar refractivity (Wildman–Crippen MR) is 105 cm³/mol. The first-order valence-electron chi connectivity index (χ1n) is 9.95. The second-order valence-corrected chi connectivity index (χ2v) is 9.65. The lowest BCUT2D eigenvalue weighted by molar-refractivity contribution is -0.143. The summed E-state index contributed by atoms with van der Waals surface area (Å²) in [4.78, 5) is 14.0. The van der Waals surface area contributed by atoms with Gasteiger partial charge in [-0.1, -0.05) is 5.57 Å². The second kappa shape index (κ2) is 9.09. The Morgan fingerprint density at radius 3 is 2.18 bits per heavy atom. The van der Waals surface area contributed by atoms with Crippen LogP contribution >= 0.6 is 0 Å². The van der Waals surface area contributed by atoms with E-state index in [0.29, 0.717) is 31.3 Å². The molecule has 0 saturated heterocycles. The highest BCUT2D eigenvalue weighted by Crippen LogP contribution is 2.38. The van der Waals surface area contributed by atoms with Crippen molar-refractivity contribution in [3.8, 4) is 0 Å². The number of sulfonamides is 1. The van der Waals surface area contributed by atoms with Gasteiger partial charge in [0.25, 0.3) is 0 Å². The van der Waals surface area contributed by atoms with Gasteiger partial charge in [0.1, 0.15) is 0 Å². The van der Waals surface area contributed by atoms with Crippen LogP contribution in [-0.4, -0.2) is 37.8 Å². The molecular formula is C20H20F6N2O4S. The van der Waals surface area contributed by atoms with Crippen molar-refractivity contribution >= 4 is 22.2 Å². The molecule has 0 aromatic heterocycles. The Labute approximate surface area is 185 Å². The van der Waals surface area contributed by atoms with Crippen molar-refractivity contribution in [1.29, 1.82) is 0 Å². The minimum Gasteiger partial charge on any atom is -0.481 e. The van der Waals surface area contributed by atoms with E-state index in [9.17, 15) is 39.6 Å². The molecule has 1 aromatic rings. The van der Waals surface area contributed by atoms with Crippen LogP contribution in [-0.2, 0) is 27.2 Å². The summed E-state index contributed by atoms with van der Waals surface area (Å²) in [6.45, 7) is 0. The number of aliphatic carboxylic acids is 1. The van der Waals surface area contributed by atoms with Crippen LogP contribution in [0.25, 0.3) is 0 Å². The highest BCUT2D eigenvalue weighted by Gasteiger charge is 2.39. The maximum absolute atomic E-state index is 13.1. The molecule has 6 nitrogen and oxygen atoms in total. The largest absolute Gasteiger partial charge is 0.481 e. The molecule has 2 atom stereocenters. The van der Waals surface area contributed by atoms with Crippen molar-refractivity contribution < 1.29 is 44.7 Å². The van der Waals surface area contributed by atoms with E-state index in [-0.39, 0.29) is 31.0 Å². The Morgan fingerprint density at radius 1 is 1.03 bits per heavy atom. The van der Waals surface area contributed by atoms with Gasteiger partial charge in [0, 0.05) is 12.3 Å². The van der Waals surface area contributed by atoms with E-state index in [1.807, 2.05) is 0 Å². The van der Waals surface area contributed by atoms with Gasteiger partial charge in [-0.15, -0.1) is 0 Å². The first-order chi connectivity index (χ1) is 15.2. The Morgan fingerprint density at radius 2 is 1.64 bits per heavy atom. The first-order valence-corrected chi connectivity index (χ1v) is 11.4. The van der Waals surface area contributed by atoms with Crippen molar-refractivity contribution in [1.82, 2.24) is 4.72 Å². The molecule has 1 aliphatic carbocycles. The molecule has 0 bridgehead atoms. The number of carboxylic acid groups (broad SMARTS) is 1. The topological polar surface area (TPSA) is 95.8 Å². The van der Waals surface area contributed by atoms with Crippen molar-refractivity contribution in [3.05, 3.63) is 40.5 Å². The van der Waals surface area contributed by atoms with Gasteiger partial charge in [0.05, 0.1) is 28.5 Å². The van der Waals surface area contributed by atoms with E-state index in [1.54, 1.807) is 0 Å². The van der Waals surface area contributed by atoms with Gasteiger partial charge in [-0.05, 0) is 55.9 Å². The van der Waals surface area contributed by atoms with Crippen molar-refractivity contribution in [3.63, 3.8) is 0 Å². The molecule has 13 heteroatoms. The van der Waals surface area contributed by atoms with E-state index in [4.69, 9.17) is 5.11 Å². The zero-order valence-electron chi connectivity index (χ0n) is 17.0. The summed E-state index contributed by atoms with van der Waals surface area (Å²) >= 11 is 0. The Kier molecular flexibility index (Phi) is 6.94. The molecule has 2 N–H and O–H groups in total. The average Bonchev–Trinajstić information content (AvgIpc) is 2.89. The van der Waals surface area contributed by atoms with Gasteiger partial charge < -0.3 is 5.11 Å². The molecule has 2 aliphatic rings. The van der Waals surface area contributed by atoms with E-state index in [2.05, 4.69) is 9.71 Å². The fourth-order valence-corrected chi connectivity index (χ4v) is 5.25. The standard InChI is InChI=1S/C20H20F6N2O4S/c21-19(22,23)12-6-13(20(24,25)26)8-15(7-12)33(31,32)28-17-3-1-2-11-4-5-14(9-18(29)30)27-10-16(11)17/h6-8,10,14,17,28H,1-5,9H2,(H,29,30)/t14?,17-/m1/s1. The van der Waals surface area contributed by atoms with Gasteiger partial charge in [-0.2, -0.15) is 26.3 Å². The molecule has 1 aromatic carbocycles. The average molecular weight is 498 g/mol. The summed E-state index contributed by atoms with van der Waals surface area (Å²) < 4.78 is 107. The predicted octanol–water partition coefficient (Wildman–Crippen LogP) is 4.56. The number of alkyl halides is 6. The summed E-state index contributed by atoms with van der Waals surface area (Å²) in [5.41, 5.74) is -2.14. The van der Waals surface area contributed by atoms with Gasteiger partial charge >= 0.3 is 18.3 Å². The summed E-state index contributed by atoms with van der Waals surface area (Å²) in [5.74, 6) is -1.04. The molecule has 0 amide bonds. The molecule has 182 valence electrons. The van der Waals surface area contributed by atoms with Crippen LogP contribution in [0, 0.1) is 0 Å². The lowest BCUT2D eigenvalue weighted by atomic mass is 9.86. The smallest absolute Gasteiger partial charge is 0.416 e. The Bertz CT molecular complexity index is 1060. The molecule has 1 aliphatic heterocycles. The van der Waals surface area contributed by atoms with Gasteiger partial charge in [0.15, 0.2) is 0 Å². The molecule has 1 unspecified atom stereocenters. The minimum atomic E-state index is -5.18. The molecular weight excluding hydrogens is 478 g/mol. The number of hydrogen-bond donors (Lipinski definition) is 2. The molecule has 0 saturated carbocycles. The van der Waals surface area contributed by atoms with Gasteiger partial charge in [-0.25, -0.2) is 13.1 Å². The highest BCUT2D eigenvalue weighted by atomic mass is 32.2. The first kappa shape index (κ1) is 25.2. The van der Waals surface area contributed by atoms with E-state index < -0.39 is 56.5 Å². The Hall–Kier alpha value is -2.41. The van der Waals surface area contributed by atoms with Gasteiger partial charge in [-0.3, -0.25) is 9.79 Å². The lowest BCUT2D eigenvalue weighted by Crippen LogP contribution is -2.38. The quantitative estimate of drug-likeness (QED) is 0.582. The van der Waals surface area contributed by atoms with Crippen LogP contribution in [0.1, 0.15) is 49.7 Å². The summed E-state index contributed by atoms with van der Waals surface area (Å²) in [6.07, 6.45) is -6.89. The highest BCUT2D eigenvalue weighted by molar-refractivity contribution is 7.89. The number of rotatable bonds is 5. The number of hydrogen-bond acceptors (Lipinski definition) is 4. The van der Waals surface area contributed by atoms with E-state index in [0.717, 1.165) is 5.57 Å². The molecule has 0 radical (unpaired) electrons. The number of halogens is 6. The molecule has 0 spiro atoms. The zero-order valence-corrected chi connectivity index (χ0v) is 17.8. The van der Waals surface area contributed by atoms with Crippen molar-refractivity contribution in [2.75, 3.05) is 0 Å². The molecule has 33 heavy (non-hydrogen) atoms. The zero-order chi connectivity index (χ0) is 24.6. The summed E-state index contributed by atoms with van der Waals surface area (Å²) in [6, 6.07) is -1.22. The third-order valence-electron chi connectivity index (χ3n) is 5.54. The number of nitrogens with one attached hydrogen (secondary N) is 1. The molecule has 1 heterocycles. The number of benzene rings is 1. The van der Waals surface area contributed by atoms with Crippen LogP contribution in [0.4, 0.5) is 26.3 Å². The number of nitrogens with zero attached hydrogens (tertiary/aromatic N) is 1. The van der Waals surface area contributed by atoms with Crippen molar-refractivity contribution in [2.45, 2.75) is 67.9 Å². The fourth-order valence-electron chi connectivity index (χ4n) is 3.93. The van der Waals surface area contributed by atoms with Crippen LogP contribution in [0.2, 0.25) is 0 Å². The van der Waals surface area contributed by atoms with Crippen LogP contribution in [0.15, 0.2) is 39.2 Å². The van der Waals surface area contributed by atoms with E-state index in [1.165, 1.54) is 6.21 Å². The van der Waals surface area contributed by atoms with E-state index >= 15 is 0 Å². The number of aliphatic imine (C=N–C) groups is 1. The molecule has 0 fully saturated rings. The lowest BCUT2D eigenvalue weighted by Gasteiger charge is -2.27. The van der Waals surface area contributed by atoms with Crippen LogP contribution in [0.5, 0.6) is 0 Å². The minimum absolute atomic E-state index is 0.138. The maximum Gasteiger partial charge on any atom is 0.416 e. The number of carboxylic acids is 1. The number of allylic oxidation sites excluding steroid dienone is 1. The van der Waals surface area contributed by atoms with Gasteiger partial charge in [0.2, 0.25) is 10.0 Å². The Balaban J connectivity index is 1.95. The molecule has 3 rings (SSSR count). The normalized spacial score (nSPS) is 22.1. The SMILES string of the molecule is O=C(O)CC1CCC2=C(C=N1)[C@H](NS(=O)(=O)c1cc(C(F)(F)F)cc(C(F)(F)F)c1)CCC2. The monoisotopic (exact) mass is 498 g/mol. The summed E-state index contributed by atoms with van der Waals surface area (Å²) in [7, 11) is -4.76. The van der Waals surface area contributed by atoms with Crippen LogP contribution in [0.3, 0.4) is 0 Å². The fraction of sp³-hybridized carbons (Fsp3) is 0.500. The third-order valence-corrected chi connectivity index (χ3v) is 6.99. The summed E-state index contributed by atoms with van der Waals surface area (Å²) in [5, 5.41) is 8.97. The maximum atomic E-state index is 13.1. The van der Waals surface area contributed by atoms with Crippen molar-refractivity contribution in [2.24, 2.45) is 4.99 Å². The third kappa shape index (κ3) is 6.14. The number of carbonyl (C=O) groups is 1. The second-order valence-electron chi connectivity index (χ2n) is 7.94. The van der Waals surface area contributed by atoms with Crippen LogP contribution < -0.4 is 4.72 Å².